The molecule has 1 aromatic heterocycles. The largest absolute Gasteiger partial charge is 0.481 e. The van der Waals surface area contributed by atoms with Crippen LogP contribution in [0, 0.1) is 0 Å². The predicted octanol–water partition coefficient (Wildman–Crippen LogP) is 1.38. The fraction of sp³-hybridized carbons (Fsp3) is 0.333. The van der Waals surface area contributed by atoms with E-state index in [9.17, 15) is 4.79 Å². The van der Waals surface area contributed by atoms with Gasteiger partial charge in [0, 0.05) is 0 Å². The highest BCUT2D eigenvalue weighted by Crippen LogP contribution is 2.24. The minimum atomic E-state index is -0.908. The van der Waals surface area contributed by atoms with Gasteiger partial charge in [0.05, 0.1) is 22.4 Å². The van der Waals surface area contributed by atoms with E-state index in [1.165, 1.54) is 11.3 Å². The third-order valence-corrected chi connectivity index (χ3v) is 2.82. The molecule has 0 aliphatic rings. The van der Waals surface area contributed by atoms with Crippen molar-refractivity contribution >= 4 is 33.2 Å². The number of hydrogen-bond acceptors (Lipinski definition) is 4. The molecule has 1 heterocycles. The summed E-state index contributed by atoms with van der Waals surface area (Å²) >= 11 is 4.57. The summed E-state index contributed by atoms with van der Waals surface area (Å²) in [5.74, 6) is -0.908. The maximum absolute atomic E-state index is 10.3. The van der Waals surface area contributed by atoms with Gasteiger partial charge in [-0.15, -0.1) is 11.3 Å². The Morgan fingerprint density at radius 1 is 1.92 bits per heavy atom. The maximum atomic E-state index is 10.3. The van der Waals surface area contributed by atoms with E-state index in [0.717, 1.165) is 3.79 Å². The molecule has 1 rings (SSSR count). The second-order valence-electron chi connectivity index (χ2n) is 2.21. The van der Waals surface area contributed by atoms with Crippen LogP contribution >= 0.6 is 27.3 Å². The molecule has 1 atom stereocenters. The third-order valence-electron chi connectivity index (χ3n) is 1.21. The van der Waals surface area contributed by atoms with Crippen LogP contribution in [-0.2, 0) is 4.79 Å². The van der Waals surface area contributed by atoms with Gasteiger partial charge in [0.25, 0.3) is 0 Å². The fourth-order valence-corrected chi connectivity index (χ4v) is 1.96. The number of carboxylic acid groups (broad SMARTS) is 1. The van der Waals surface area contributed by atoms with E-state index in [1.807, 2.05) is 0 Å². The number of carbonyl (C=O) groups is 1. The van der Waals surface area contributed by atoms with Crippen LogP contribution in [0.2, 0.25) is 0 Å². The van der Waals surface area contributed by atoms with Crippen LogP contribution in [0.4, 0.5) is 0 Å². The Balaban J connectivity index is 2.64. The van der Waals surface area contributed by atoms with Crippen LogP contribution in [0.5, 0.6) is 0 Å². The van der Waals surface area contributed by atoms with Gasteiger partial charge in [-0.2, -0.15) is 0 Å². The molecular weight excluding hydrogens is 244 g/mol. The van der Waals surface area contributed by atoms with Gasteiger partial charge in [0.1, 0.15) is 5.01 Å². The van der Waals surface area contributed by atoms with Crippen molar-refractivity contribution in [3.8, 4) is 0 Å². The molecule has 1 aromatic rings. The van der Waals surface area contributed by atoms with Crippen molar-refractivity contribution in [1.29, 1.82) is 0 Å². The highest BCUT2D eigenvalue weighted by Gasteiger charge is 2.13. The first kappa shape index (κ1) is 9.63. The molecule has 66 valence electrons. The zero-order valence-corrected chi connectivity index (χ0v) is 8.43. The Morgan fingerprint density at radius 2 is 2.58 bits per heavy atom. The molecular formula is C6H7BrN2O2S. The molecule has 0 unspecified atom stereocenters. The number of aliphatic carboxylic acids is 1. The van der Waals surface area contributed by atoms with Gasteiger partial charge in [0.15, 0.2) is 0 Å². The average Bonchev–Trinajstić information content (AvgIpc) is 2.34. The molecule has 0 aromatic carbocycles. The summed E-state index contributed by atoms with van der Waals surface area (Å²) in [6.45, 7) is 0. The molecule has 0 saturated heterocycles. The Labute approximate surface area is 81.5 Å². The van der Waals surface area contributed by atoms with Crippen LogP contribution in [0.15, 0.2) is 9.98 Å². The number of carboxylic acids is 1. The zero-order valence-electron chi connectivity index (χ0n) is 6.03. The van der Waals surface area contributed by atoms with Crippen LogP contribution in [0.1, 0.15) is 17.5 Å². The summed E-state index contributed by atoms with van der Waals surface area (Å²) in [7, 11) is 0. The molecule has 0 aliphatic carbocycles. The second kappa shape index (κ2) is 3.97. The second-order valence-corrected chi connectivity index (χ2v) is 4.65. The standard InChI is InChI=1S/C6H7BrN2O2S/c7-4-2-9-6(12-4)3(8)1-5(10)11/h2-3H,1,8H2,(H,10,11)/t3-/m0/s1. The Morgan fingerprint density at radius 3 is 3.00 bits per heavy atom. The van der Waals surface area contributed by atoms with Gasteiger partial charge in [-0.05, 0) is 15.9 Å². The van der Waals surface area contributed by atoms with E-state index < -0.39 is 12.0 Å². The zero-order chi connectivity index (χ0) is 9.14. The molecule has 0 spiro atoms. The highest BCUT2D eigenvalue weighted by molar-refractivity contribution is 9.11. The number of thiazole rings is 1. The van der Waals surface area contributed by atoms with Gasteiger partial charge < -0.3 is 10.8 Å². The normalized spacial score (nSPS) is 12.8. The van der Waals surface area contributed by atoms with Gasteiger partial charge in [-0.1, -0.05) is 0 Å². The van der Waals surface area contributed by atoms with Crippen LogP contribution < -0.4 is 5.73 Å². The van der Waals surface area contributed by atoms with Crippen LogP contribution in [0.25, 0.3) is 0 Å². The molecule has 0 saturated carbocycles. The fourth-order valence-electron chi connectivity index (χ4n) is 0.714. The molecule has 0 amide bonds. The summed E-state index contributed by atoms with van der Waals surface area (Å²) in [5, 5.41) is 9.08. The SMILES string of the molecule is N[C@@H](CC(=O)O)c1ncc(Br)s1. The van der Waals surface area contributed by atoms with E-state index in [2.05, 4.69) is 20.9 Å². The average molecular weight is 251 g/mol. The predicted molar refractivity (Wildman–Crippen MR) is 49.0 cm³/mol. The summed E-state index contributed by atoms with van der Waals surface area (Å²) < 4.78 is 0.860. The number of nitrogens with two attached hydrogens (primary N) is 1. The van der Waals surface area contributed by atoms with Gasteiger partial charge in [-0.25, -0.2) is 4.98 Å². The lowest BCUT2D eigenvalue weighted by Gasteiger charge is -2.02. The van der Waals surface area contributed by atoms with Crippen molar-refractivity contribution in [2.45, 2.75) is 12.5 Å². The van der Waals surface area contributed by atoms with Crippen molar-refractivity contribution in [3.63, 3.8) is 0 Å². The Kier molecular flexibility index (Phi) is 3.19. The van der Waals surface area contributed by atoms with Crippen LogP contribution in [0.3, 0.4) is 0 Å². The number of rotatable bonds is 3. The molecule has 0 radical (unpaired) electrons. The Hall–Kier alpha value is -0.460. The molecule has 12 heavy (non-hydrogen) atoms. The first-order valence-electron chi connectivity index (χ1n) is 3.18. The summed E-state index contributed by atoms with van der Waals surface area (Å²) in [5.41, 5.74) is 5.56. The first-order chi connectivity index (χ1) is 5.59. The maximum Gasteiger partial charge on any atom is 0.305 e. The minimum absolute atomic E-state index is 0.0834. The molecule has 4 nitrogen and oxygen atoms in total. The van der Waals surface area contributed by atoms with Gasteiger partial charge >= 0.3 is 5.97 Å². The topological polar surface area (TPSA) is 76.2 Å². The monoisotopic (exact) mass is 250 g/mol. The molecule has 3 N–H and O–H groups in total. The smallest absolute Gasteiger partial charge is 0.305 e. The first-order valence-corrected chi connectivity index (χ1v) is 4.79. The summed E-state index contributed by atoms with van der Waals surface area (Å²) in [6.07, 6.45) is 1.53. The number of hydrogen-bond donors (Lipinski definition) is 2. The number of aromatic nitrogens is 1. The van der Waals surface area contributed by atoms with Crippen molar-refractivity contribution in [3.05, 3.63) is 15.0 Å². The van der Waals surface area contributed by atoms with E-state index >= 15 is 0 Å². The molecule has 0 bridgehead atoms. The van der Waals surface area contributed by atoms with Gasteiger partial charge in [-0.3, -0.25) is 4.79 Å². The number of halogens is 1. The summed E-state index contributed by atoms with van der Waals surface area (Å²) in [6, 6.07) is -0.501. The van der Waals surface area contributed by atoms with E-state index in [1.54, 1.807) is 6.20 Å². The van der Waals surface area contributed by atoms with Crippen molar-refractivity contribution in [1.82, 2.24) is 4.98 Å². The lowest BCUT2D eigenvalue weighted by atomic mass is 10.2. The van der Waals surface area contributed by atoms with E-state index in [4.69, 9.17) is 10.8 Å². The summed E-state index contributed by atoms with van der Waals surface area (Å²) in [4.78, 5) is 14.2. The third kappa shape index (κ3) is 2.54. The lowest BCUT2D eigenvalue weighted by molar-refractivity contribution is -0.137. The van der Waals surface area contributed by atoms with E-state index in [-0.39, 0.29) is 6.42 Å². The highest BCUT2D eigenvalue weighted by atomic mass is 79.9. The van der Waals surface area contributed by atoms with Crippen molar-refractivity contribution in [2.24, 2.45) is 5.73 Å². The quantitative estimate of drug-likeness (QED) is 0.850. The minimum Gasteiger partial charge on any atom is -0.481 e. The molecule has 0 fully saturated rings. The van der Waals surface area contributed by atoms with Crippen LogP contribution in [-0.4, -0.2) is 16.1 Å². The van der Waals surface area contributed by atoms with E-state index in [0.29, 0.717) is 5.01 Å². The Bertz CT molecular complexity index is 289. The molecule has 6 heteroatoms. The van der Waals surface area contributed by atoms with Crippen molar-refractivity contribution < 1.29 is 9.90 Å². The number of nitrogens with zero attached hydrogens (tertiary/aromatic N) is 1. The molecule has 0 aliphatic heterocycles. The van der Waals surface area contributed by atoms with Crippen molar-refractivity contribution in [2.75, 3.05) is 0 Å². The lowest BCUT2D eigenvalue weighted by Crippen LogP contribution is -2.14. The van der Waals surface area contributed by atoms with Gasteiger partial charge in [0.2, 0.25) is 0 Å².